The topological polar surface area (TPSA) is 65.6 Å². The Labute approximate surface area is 182 Å². The molecule has 0 radical (unpaired) electrons. The number of carbonyl (C=O) groups excluding carboxylic acids is 1. The molecule has 0 saturated carbocycles. The van der Waals surface area contributed by atoms with Gasteiger partial charge < -0.3 is 19.5 Å². The Bertz CT molecular complexity index is 1100. The molecule has 1 fully saturated rings. The van der Waals surface area contributed by atoms with E-state index in [0.717, 1.165) is 38.9 Å². The Morgan fingerprint density at radius 2 is 1.84 bits per heavy atom. The summed E-state index contributed by atoms with van der Waals surface area (Å²) in [5.41, 5.74) is 2.31. The number of nitrogens with one attached hydrogen (secondary N) is 1. The number of hydrogen-bond acceptors (Lipinski definition) is 4. The van der Waals surface area contributed by atoms with Gasteiger partial charge in [-0.15, -0.1) is 0 Å². The Balaban J connectivity index is 1.41. The summed E-state index contributed by atoms with van der Waals surface area (Å²) >= 11 is 0. The molecule has 0 atom stereocenters. The number of likely N-dealkylation sites (tertiary alicyclic amines) is 1. The van der Waals surface area contributed by atoms with E-state index in [1.54, 1.807) is 25.3 Å². The normalized spacial score (nSPS) is 14.9. The number of hydrogen-bond donors (Lipinski definition) is 1. The second-order valence-corrected chi connectivity index (χ2v) is 8.17. The van der Waals surface area contributed by atoms with Gasteiger partial charge in [0.15, 0.2) is 0 Å². The monoisotopic (exact) mass is 419 g/mol. The smallest absolute Gasteiger partial charge is 0.254 e. The number of aromatic nitrogens is 1. The first-order chi connectivity index (χ1) is 15.1. The van der Waals surface area contributed by atoms with Crippen LogP contribution < -0.4 is 10.3 Å². The first-order valence-corrected chi connectivity index (χ1v) is 10.8. The molecule has 3 aromatic rings. The molecule has 0 bridgehead atoms. The van der Waals surface area contributed by atoms with Crippen LogP contribution in [0.15, 0.2) is 59.4 Å². The standard InChI is InChI=1S/C25H29N3O3/c1-27(15-12-18-6-4-3-5-7-18)19-13-16-28(17-14-19)25(30)21-8-10-22(31-2)24-20(21)9-11-23(29)26-24/h3-11,19H,12-17H2,1-2H3,(H,26,29). The van der Waals surface area contributed by atoms with E-state index in [0.29, 0.717) is 28.3 Å². The van der Waals surface area contributed by atoms with Crippen LogP contribution in [0.2, 0.25) is 0 Å². The van der Waals surface area contributed by atoms with E-state index >= 15 is 0 Å². The fourth-order valence-corrected chi connectivity index (χ4v) is 4.39. The first-order valence-electron chi connectivity index (χ1n) is 10.8. The lowest BCUT2D eigenvalue weighted by atomic mass is 10.0. The van der Waals surface area contributed by atoms with Crippen LogP contribution in [-0.2, 0) is 6.42 Å². The highest BCUT2D eigenvalue weighted by Crippen LogP contribution is 2.27. The molecule has 31 heavy (non-hydrogen) atoms. The Kier molecular flexibility index (Phi) is 6.37. The number of methoxy groups -OCH3 is 1. The minimum atomic E-state index is -0.213. The minimum Gasteiger partial charge on any atom is -0.495 e. The number of amides is 1. The number of rotatable bonds is 6. The molecule has 4 rings (SSSR count). The van der Waals surface area contributed by atoms with Gasteiger partial charge in [0.05, 0.1) is 12.6 Å². The van der Waals surface area contributed by atoms with Gasteiger partial charge in [-0.1, -0.05) is 30.3 Å². The van der Waals surface area contributed by atoms with Gasteiger partial charge in [-0.05, 0) is 50.1 Å². The van der Waals surface area contributed by atoms with Gasteiger partial charge in [0.25, 0.3) is 5.91 Å². The van der Waals surface area contributed by atoms with E-state index in [1.165, 1.54) is 11.6 Å². The molecule has 2 aromatic carbocycles. The van der Waals surface area contributed by atoms with Crippen molar-refractivity contribution >= 4 is 16.8 Å². The number of likely N-dealkylation sites (N-methyl/N-ethyl adjacent to an activating group) is 1. The van der Waals surface area contributed by atoms with Gasteiger partial charge in [-0.2, -0.15) is 0 Å². The maximum atomic E-state index is 13.3. The predicted molar refractivity (Wildman–Crippen MR) is 123 cm³/mol. The number of fused-ring (bicyclic) bond motifs is 1. The largest absolute Gasteiger partial charge is 0.495 e. The summed E-state index contributed by atoms with van der Waals surface area (Å²) in [4.78, 5) is 32.2. The highest BCUT2D eigenvalue weighted by molar-refractivity contribution is 6.07. The van der Waals surface area contributed by atoms with Crippen LogP contribution in [-0.4, -0.2) is 60.5 Å². The third-order valence-electron chi connectivity index (χ3n) is 6.28. The first kappa shape index (κ1) is 21.1. The van der Waals surface area contributed by atoms with E-state index in [1.807, 2.05) is 11.0 Å². The molecule has 1 aliphatic rings. The average Bonchev–Trinajstić information content (AvgIpc) is 2.82. The van der Waals surface area contributed by atoms with Crippen LogP contribution in [0.25, 0.3) is 10.9 Å². The van der Waals surface area contributed by atoms with Gasteiger partial charge in [0.2, 0.25) is 5.56 Å². The number of pyridine rings is 1. The van der Waals surface area contributed by atoms with Crippen molar-refractivity contribution in [3.05, 3.63) is 76.1 Å². The lowest BCUT2D eigenvalue weighted by molar-refractivity contribution is 0.0649. The van der Waals surface area contributed by atoms with Gasteiger partial charge >= 0.3 is 0 Å². The van der Waals surface area contributed by atoms with Crippen LogP contribution in [0.4, 0.5) is 0 Å². The summed E-state index contributed by atoms with van der Waals surface area (Å²) in [6, 6.07) is 17.7. The molecule has 0 unspecified atom stereocenters. The molecule has 162 valence electrons. The fourth-order valence-electron chi connectivity index (χ4n) is 4.39. The number of ether oxygens (including phenoxy) is 1. The van der Waals surface area contributed by atoms with E-state index in [4.69, 9.17) is 4.74 Å². The number of carbonyl (C=O) groups is 1. The van der Waals surface area contributed by atoms with Crippen molar-refractivity contribution in [1.29, 1.82) is 0 Å². The van der Waals surface area contributed by atoms with Gasteiger partial charge in [-0.3, -0.25) is 9.59 Å². The summed E-state index contributed by atoms with van der Waals surface area (Å²) in [7, 11) is 3.74. The van der Waals surface area contributed by atoms with Crippen LogP contribution in [0.5, 0.6) is 5.75 Å². The molecule has 0 aliphatic carbocycles. The van der Waals surface area contributed by atoms with E-state index in [9.17, 15) is 9.59 Å². The summed E-state index contributed by atoms with van der Waals surface area (Å²) in [5.74, 6) is 0.563. The van der Waals surface area contributed by atoms with E-state index in [-0.39, 0.29) is 11.5 Å². The van der Waals surface area contributed by atoms with Crippen molar-refractivity contribution in [1.82, 2.24) is 14.8 Å². The molecule has 1 aromatic heterocycles. The summed E-state index contributed by atoms with van der Waals surface area (Å²) < 4.78 is 5.36. The van der Waals surface area contributed by atoms with Crippen LogP contribution in [0, 0.1) is 0 Å². The zero-order valence-electron chi connectivity index (χ0n) is 18.1. The van der Waals surface area contributed by atoms with Crippen molar-refractivity contribution < 1.29 is 9.53 Å². The minimum absolute atomic E-state index is 0.00471. The van der Waals surface area contributed by atoms with Crippen molar-refractivity contribution in [3.8, 4) is 5.75 Å². The Morgan fingerprint density at radius 3 is 2.55 bits per heavy atom. The SMILES string of the molecule is COc1ccc(C(=O)N2CCC(N(C)CCc3ccccc3)CC2)c2ccc(=O)[nH]c12. The van der Waals surface area contributed by atoms with Gasteiger partial charge in [0.1, 0.15) is 5.75 Å². The third-order valence-corrected chi connectivity index (χ3v) is 6.28. The fraction of sp³-hybridized carbons (Fsp3) is 0.360. The second-order valence-electron chi connectivity index (χ2n) is 8.17. The molecule has 6 heteroatoms. The lowest BCUT2D eigenvalue weighted by Gasteiger charge is -2.37. The molecular weight excluding hydrogens is 390 g/mol. The Hall–Kier alpha value is -3.12. The number of benzene rings is 2. The van der Waals surface area contributed by atoms with Crippen LogP contribution >= 0.6 is 0 Å². The van der Waals surface area contributed by atoms with Crippen molar-refractivity contribution in [3.63, 3.8) is 0 Å². The molecule has 1 amide bonds. The number of nitrogens with zero attached hydrogens (tertiary/aromatic N) is 2. The number of piperidine rings is 1. The highest BCUT2D eigenvalue weighted by Gasteiger charge is 2.27. The maximum absolute atomic E-state index is 13.3. The van der Waals surface area contributed by atoms with Crippen molar-refractivity contribution in [2.45, 2.75) is 25.3 Å². The molecule has 1 saturated heterocycles. The van der Waals surface area contributed by atoms with Crippen LogP contribution in [0.1, 0.15) is 28.8 Å². The average molecular weight is 420 g/mol. The number of H-pyrrole nitrogens is 1. The lowest BCUT2D eigenvalue weighted by Crippen LogP contribution is -2.46. The zero-order chi connectivity index (χ0) is 21.8. The van der Waals surface area contributed by atoms with Crippen LogP contribution in [0.3, 0.4) is 0 Å². The molecular formula is C25H29N3O3. The van der Waals surface area contributed by atoms with Gasteiger partial charge in [-0.25, -0.2) is 0 Å². The van der Waals surface area contributed by atoms with Gasteiger partial charge in [0, 0.05) is 42.7 Å². The molecule has 1 N–H and O–H groups in total. The second kappa shape index (κ2) is 9.35. The van der Waals surface area contributed by atoms with E-state index in [2.05, 4.69) is 41.2 Å². The molecule has 6 nitrogen and oxygen atoms in total. The molecule has 1 aliphatic heterocycles. The van der Waals surface area contributed by atoms with Crippen molar-refractivity contribution in [2.24, 2.45) is 0 Å². The summed E-state index contributed by atoms with van der Waals surface area (Å²) in [5, 5.41) is 0.714. The third kappa shape index (κ3) is 4.64. The molecule has 2 heterocycles. The predicted octanol–water partition coefficient (Wildman–Crippen LogP) is 3.32. The van der Waals surface area contributed by atoms with E-state index < -0.39 is 0 Å². The summed E-state index contributed by atoms with van der Waals surface area (Å²) in [6.07, 6.45) is 2.95. The molecule has 0 spiro atoms. The Morgan fingerprint density at radius 1 is 1.10 bits per heavy atom. The van der Waals surface area contributed by atoms with Crippen molar-refractivity contribution in [2.75, 3.05) is 33.8 Å². The zero-order valence-corrected chi connectivity index (χ0v) is 18.1. The maximum Gasteiger partial charge on any atom is 0.254 e. The highest BCUT2D eigenvalue weighted by atomic mass is 16.5. The quantitative estimate of drug-likeness (QED) is 0.666. The summed E-state index contributed by atoms with van der Waals surface area (Å²) in [6.45, 7) is 2.48. The number of aromatic amines is 1.